The molecular weight excluding hydrogens is 781 g/mol. The molecule has 62 heavy (non-hydrogen) atoms. The lowest BCUT2D eigenvalue weighted by atomic mass is 9.89. The Morgan fingerprint density at radius 2 is 1.10 bits per heavy atom. The van der Waals surface area contributed by atoms with Gasteiger partial charge in [-0.25, -0.2) is 0 Å². The van der Waals surface area contributed by atoms with Gasteiger partial charge in [-0.3, -0.25) is 34.0 Å². The van der Waals surface area contributed by atoms with Gasteiger partial charge in [-0.1, -0.05) is 116 Å². The molecule has 2 amide bonds. The van der Waals surface area contributed by atoms with Gasteiger partial charge in [0, 0.05) is 50.6 Å². The molecule has 0 bridgehead atoms. The molecule has 1 aliphatic rings. The molecule has 4 aromatic rings. The van der Waals surface area contributed by atoms with Crippen molar-refractivity contribution in [3.8, 4) is 22.3 Å². The van der Waals surface area contributed by atoms with Crippen molar-refractivity contribution in [2.24, 2.45) is 44.8 Å². The molecule has 326 valence electrons. The highest BCUT2D eigenvalue weighted by molar-refractivity contribution is 5.96. The van der Waals surface area contributed by atoms with Crippen LogP contribution in [0.1, 0.15) is 75.3 Å². The molecule has 4 atom stereocenters. The Morgan fingerprint density at radius 1 is 0.597 bits per heavy atom. The number of benzene rings is 4. The molecule has 1 aliphatic carbocycles. The van der Waals surface area contributed by atoms with E-state index in [1.54, 1.807) is 0 Å². The number of aliphatic imine (C=N–C) groups is 2. The van der Waals surface area contributed by atoms with Crippen LogP contribution < -0.4 is 33.6 Å². The minimum atomic E-state index is -0.965. The van der Waals surface area contributed by atoms with Crippen LogP contribution in [0.15, 0.2) is 119 Å². The first-order chi connectivity index (χ1) is 29.9. The van der Waals surface area contributed by atoms with Gasteiger partial charge in [0.15, 0.2) is 23.5 Å². The van der Waals surface area contributed by atoms with E-state index in [1.165, 1.54) is 0 Å². The van der Waals surface area contributed by atoms with Gasteiger partial charge in [0.2, 0.25) is 11.8 Å². The first-order valence-corrected chi connectivity index (χ1v) is 21.5. The van der Waals surface area contributed by atoms with E-state index in [2.05, 4.69) is 20.6 Å². The SMILES string of the molecule is NC(N)=NCCCCCC(=O)[C@H](Cc1ccc(-c2ccccc2)cc1)NC(=O)[C@H](CCCN=C(N)N)CC(=O)[C@H](Cc1ccc(-c2ccccc2)cc1)NC(=O)C1CCC(=O)C1. The number of carbonyl (C=O) groups excluding carboxylic acids is 5. The smallest absolute Gasteiger partial charge is 0.224 e. The largest absolute Gasteiger partial charge is 0.370 e. The van der Waals surface area contributed by atoms with Gasteiger partial charge in [-0.15, -0.1) is 0 Å². The van der Waals surface area contributed by atoms with Gasteiger partial charge in [0.1, 0.15) is 5.78 Å². The summed E-state index contributed by atoms with van der Waals surface area (Å²) in [7, 11) is 0. The van der Waals surface area contributed by atoms with Crippen molar-refractivity contribution in [3.63, 3.8) is 0 Å². The highest BCUT2D eigenvalue weighted by atomic mass is 16.2. The summed E-state index contributed by atoms with van der Waals surface area (Å²) < 4.78 is 0. The highest BCUT2D eigenvalue weighted by Crippen LogP contribution is 2.25. The van der Waals surface area contributed by atoms with Crippen LogP contribution in [0.5, 0.6) is 0 Å². The quantitative estimate of drug-likeness (QED) is 0.0309. The van der Waals surface area contributed by atoms with Crippen LogP contribution in [-0.4, -0.2) is 66.3 Å². The van der Waals surface area contributed by atoms with E-state index in [1.807, 2.05) is 109 Å². The van der Waals surface area contributed by atoms with Crippen molar-refractivity contribution in [2.45, 2.75) is 89.1 Å². The molecule has 0 saturated heterocycles. The lowest BCUT2D eigenvalue weighted by Crippen LogP contribution is -2.48. The number of nitrogens with two attached hydrogens (primary N) is 4. The zero-order valence-corrected chi connectivity index (χ0v) is 35.3. The van der Waals surface area contributed by atoms with E-state index in [0.717, 1.165) is 33.4 Å². The molecule has 0 spiro atoms. The number of nitrogens with one attached hydrogen (secondary N) is 2. The number of Topliss-reactive ketones (excluding diaryl/α,β-unsaturated/α-hetero) is 3. The molecule has 0 radical (unpaired) electrons. The van der Waals surface area contributed by atoms with Crippen LogP contribution >= 0.6 is 0 Å². The van der Waals surface area contributed by atoms with Gasteiger partial charge in [-0.05, 0) is 78.3 Å². The van der Waals surface area contributed by atoms with E-state index >= 15 is 0 Å². The lowest BCUT2D eigenvalue weighted by Gasteiger charge is -2.25. The first kappa shape index (κ1) is 46.4. The number of rotatable bonds is 24. The number of carbonyl (C=O) groups is 5. The summed E-state index contributed by atoms with van der Waals surface area (Å²) in [5.41, 5.74) is 27.9. The lowest BCUT2D eigenvalue weighted by molar-refractivity contribution is -0.134. The van der Waals surface area contributed by atoms with E-state index in [0.29, 0.717) is 45.1 Å². The summed E-state index contributed by atoms with van der Waals surface area (Å²) >= 11 is 0. The summed E-state index contributed by atoms with van der Waals surface area (Å²) in [6.07, 6.45) is 3.98. The summed E-state index contributed by atoms with van der Waals surface area (Å²) in [6, 6.07) is 33.7. The molecule has 0 aromatic heterocycles. The fraction of sp³-hybridized carbons (Fsp3) is 0.367. The Balaban J connectivity index is 1.36. The van der Waals surface area contributed by atoms with Crippen molar-refractivity contribution in [1.82, 2.24) is 10.6 Å². The Hall–Kier alpha value is -6.63. The normalized spacial score (nSPS) is 14.8. The summed E-state index contributed by atoms with van der Waals surface area (Å²) in [6.45, 7) is 0.694. The molecule has 4 aromatic carbocycles. The van der Waals surface area contributed by atoms with E-state index in [4.69, 9.17) is 22.9 Å². The number of guanidine groups is 2. The number of hydrogen-bond acceptors (Lipinski definition) is 7. The Bertz CT molecular complexity index is 2150. The van der Waals surface area contributed by atoms with Gasteiger partial charge in [-0.2, -0.15) is 0 Å². The summed E-state index contributed by atoms with van der Waals surface area (Å²) in [4.78, 5) is 76.4. The third-order valence-corrected chi connectivity index (χ3v) is 11.2. The van der Waals surface area contributed by atoms with Crippen molar-refractivity contribution < 1.29 is 24.0 Å². The Kier molecular flexibility index (Phi) is 18.0. The van der Waals surface area contributed by atoms with Crippen LogP contribution in [0.4, 0.5) is 0 Å². The van der Waals surface area contributed by atoms with Crippen LogP contribution in [0.25, 0.3) is 22.3 Å². The van der Waals surface area contributed by atoms with Gasteiger partial charge in [0.25, 0.3) is 0 Å². The number of unbranched alkanes of at least 4 members (excludes halogenated alkanes) is 2. The van der Waals surface area contributed by atoms with Crippen molar-refractivity contribution in [2.75, 3.05) is 13.1 Å². The Labute approximate surface area is 364 Å². The second-order valence-corrected chi connectivity index (χ2v) is 16.0. The minimum absolute atomic E-state index is 0.0178. The van der Waals surface area contributed by atoms with Crippen LogP contribution in [0, 0.1) is 11.8 Å². The van der Waals surface area contributed by atoms with Crippen molar-refractivity contribution in [1.29, 1.82) is 0 Å². The average molecular weight is 841 g/mol. The fourth-order valence-corrected chi connectivity index (χ4v) is 7.73. The molecule has 0 heterocycles. The predicted molar refractivity (Wildman–Crippen MR) is 245 cm³/mol. The molecule has 13 nitrogen and oxygen atoms in total. The minimum Gasteiger partial charge on any atom is -0.370 e. The average Bonchev–Trinajstić information content (AvgIpc) is 3.72. The molecule has 1 fully saturated rings. The molecule has 5 rings (SSSR count). The van der Waals surface area contributed by atoms with E-state index in [9.17, 15) is 24.0 Å². The maximum absolute atomic E-state index is 14.4. The van der Waals surface area contributed by atoms with E-state index in [-0.39, 0.29) is 80.2 Å². The number of amides is 2. The maximum atomic E-state index is 14.4. The summed E-state index contributed by atoms with van der Waals surface area (Å²) in [5, 5.41) is 5.98. The number of hydrogen-bond donors (Lipinski definition) is 6. The number of ketones is 3. The van der Waals surface area contributed by atoms with Gasteiger partial charge in [0.05, 0.1) is 12.1 Å². The second kappa shape index (κ2) is 24.0. The molecule has 13 heteroatoms. The van der Waals surface area contributed by atoms with Crippen molar-refractivity contribution >= 4 is 41.1 Å². The first-order valence-electron chi connectivity index (χ1n) is 21.5. The zero-order chi connectivity index (χ0) is 44.3. The zero-order valence-electron chi connectivity index (χ0n) is 35.3. The third-order valence-electron chi connectivity index (χ3n) is 11.2. The molecule has 10 N–H and O–H groups in total. The van der Waals surface area contributed by atoms with Crippen molar-refractivity contribution in [3.05, 3.63) is 120 Å². The van der Waals surface area contributed by atoms with E-state index < -0.39 is 29.8 Å². The second-order valence-electron chi connectivity index (χ2n) is 16.0. The standard InChI is InChI=1S/C49H60N8O5/c50-48(51)54-27-9-3-8-16-44(59)42(29-33-17-21-37(22-18-33)35-11-4-1-5-12-35)56-46(61)39(15-10-28-55-49(52)53)32-45(60)43(57-47(62)40-25-26-41(58)31-40)30-34-19-23-38(24-20-34)36-13-6-2-7-14-36/h1-2,4-7,11-14,17-24,39-40,42-43H,3,8-10,15-16,25-32H2,(H,56,61)(H,57,62)(H4,50,51,54)(H4,52,53,55)/t39-,40?,42+,43+/m1/s1. The van der Waals surface area contributed by atoms with Crippen LogP contribution in [0.3, 0.4) is 0 Å². The van der Waals surface area contributed by atoms with Gasteiger partial charge >= 0.3 is 0 Å². The van der Waals surface area contributed by atoms with Gasteiger partial charge < -0.3 is 33.6 Å². The van der Waals surface area contributed by atoms with Crippen LogP contribution in [-0.2, 0) is 36.8 Å². The predicted octanol–water partition coefficient (Wildman–Crippen LogP) is 5.18. The molecule has 1 unspecified atom stereocenters. The number of nitrogens with zero attached hydrogens (tertiary/aromatic N) is 2. The molecular formula is C49H60N8O5. The Morgan fingerprint density at radius 3 is 1.60 bits per heavy atom. The maximum Gasteiger partial charge on any atom is 0.224 e. The molecule has 1 saturated carbocycles. The third kappa shape index (κ3) is 15.1. The topological polar surface area (TPSA) is 238 Å². The van der Waals surface area contributed by atoms with Crippen LogP contribution in [0.2, 0.25) is 0 Å². The monoisotopic (exact) mass is 840 g/mol. The molecule has 0 aliphatic heterocycles. The fourth-order valence-electron chi connectivity index (χ4n) is 7.73. The summed E-state index contributed by atoms with van der Waals surface area (Å²) in [5.74, 6) is -2.70. The highest BCUT2D eigenvalue weighted by Gasteiger charge is 2.34.